The van der Waals surface area contributed by atoms with Gasteiger partial charge in [0.2, 0.25) is 10.0 Å². The number of hydrogen-bond acceptors (Lipinski definition) is 3. The molecule has 1 heterocycles. The standard InChI is InChI=1S/C12H17FN2O2S/c1-9(11-4-2-3-5-12(11)13)15-18(16,17)10-6-7-14-8-10/h2-5,9-10,14-15H,6-8H2,1H3. The molecule has 0 amide bonds. The van der Waals surface area contributed by atoms with Crippen molar-refractivity contribution in [3.63, 3.8) is 0 Å². The Bertz CT molecular complexity index is 513. The summed E-state index contributed by atoms with van der Waals surface area (Å²) in [6.07, 6.45) is 0.597. The zero-order chi connectivity index (χ0) is 13.2. The monoisotopic (exact) mass is 272 g/mol. The number of halogens is 1. The van der Waals surface area contributed by atoms with Crippen LogP contribution < -0.4 is 10.0 Å². The molecule has 2 unspecified atom stereocenters. The number of benzene rings is 1. The van der Waals surface area contributed by atoms with Crippen molar-refractivity contribution >= 4 is 10.0 Å². The molecule has 0 bridgehead atoms. The van der Waals surface area contributed by atoms with Crippen LogP contribution in [0, 0.1) is 5.82 Å². The smallest absolute Gasteiger partial charge is 0.216 e. The topological polar surface area (TPSA) is 58.2 Å². The molecule has 0 aliphatic carbocycles. The molecule has 0 spiro atoms. The van der Waals surface area contributed by atoms with Crippen molar-refractivity contribution in [1.29, 1.82) is 0 Å². The summed E-state index contributed by atoms with van der Waals surface area (Å²) in [5.41, 5.74) is 0.368. The van der Waals surface area contributed by atoms with Crippen LogP contribution in [0.3, 0.4) is 0 Å². The van der Waals surface area contributed by atoms with Crippen LogP contribution in [-0.4, -0.2) is 26.8 Å². The third kappa shape index (κ3) is 2.88. The zero-order valence-corrected chi connectivity index (χ0v) is 11.0. The van der Waals surface area contributed by atoms with Gasteiger partial charge < -0.3 is 5.32 Å². The van der Waals surface area contributed by atoms with E-state index in [1.54, 1.807) is 25.1 Å². The van der Waals surface area contributed by atoms with Crippen molar-refractivity contribution in [2.45, 2.75) is 24.6 Å². The first kappa shape index (κ1) is 13.5. The molecule has 0 saturated carbocycles. The molecule has 1 aliphatic heterocycles. The molecule has 2 atom stereocenters. The number of nitrogens with one attached hydrogen (secondary N) is 2. The molecule has 1 aliphatic rings. The maximum atomic E-state index is 13.5. The molecule has 0 aromatic heterocycles. The van der Waals surface area contributed by atoms with Gasteiger partial charge >= 0.3 is 0 Å². The van der Waals surface area contributed by atoms with Crippen molar-refractivity contribution in [3.8, 4) is 0 Å². The van der Waals surface area contributed by atoms with E-state index in [0.29, 0.717) is 25.1 Å². The number of sulfonamides is 1. The second kappa shape index (κ2) is 5.34. The first-order chi connectivity index (χ1) is 8.50. The minimum atomic E-state index is -3.40. The molecule has 4 nitrogen and oxygen atoms in total. The lowest BCUT2D eigenvalue weighted by Crippen LogP contribution is -2.37. The Labute approximate surface area is 107 Å². The van der Waals surface area contributed by atoms with Gasteiger partial charge in [0.25, 0.3) is 0 Å². The molecule has 100 valence electrons. The molecule has 2 N–H and O–H groups in total. The van der Waals surface area contributed by atoms with E-state index >= 15 is 0 Å². The maximum Gasteiger partial charge on any atom is 0.216 e. The lowest BCUT2D eigenvalue weighted by atomic mass is 10.1. The Morgan fingerprint density at radius 2 is 2.17 bits per heavy atom. The number of hydrogen-bond donors (Lipinski definition) is 2. The lowest BCUT2D eigenvalue weighted by molar-refractivity contribution is 0.540. The molecule has 1 aromatic carbocycles. The second-order valence-corrected chi connectivity index (χ2v) is 6.51. The van der Waals surface area contributed by atoms with E-state index in [9.17, 15) is 12.8 Å². The van der Waals surface area contributed by atoms with Crippen LogP contribution in [0.2, 0.25) is 0 Å². The SMILES string of the molecule is CC(NS(=O)(=O)C1CCNC1)c1ccccc1F. The van der Waals surface area contributed by atoms with E-state index in [1.807, 2.05) is 0 Å². The maximum absolute atomic E-state index is 13.5. The molecule has 6 heteroatoms. The molecule has 1 fully saturated rings. The van der Waals surface area contributed by atoms with Gasteiger partial charge in [-0.25, -0.2) is 17.5 Å². The highest BCUT2D eigenvalue weighted by atomic mass is 32.2. The first-order valence-electron chi connectivity index (χ1n) is 5.97. The summed E-state index contributed by atoms with van der Waals surface area (Å²) in [5.74, 6) is -0.391. The van der Waals surface area contributed by atoms with Gasteiger partial charge in [-0.1, -0.05) is 18.2 Å². The Hall–Kier alpha value is -0.980. The van der Waals surface area contributed by atoms with Gasteiger partial charge in [0.1, 0.15) is 5.82 Å². The first-order valence-corrected chi connectivity index (χ1v) is 7.51. The fourth-order valence-corrected chi connectivity index (χ4v) is 3.70. The third-order valence-corrected chi connectivity index (χ3v) is 5.13. The predicted octanol–water partition coefficient (Wildman–Crippen LogP) is 1.17. The van der Waals surface area contributed by atoms with Crippen LogP contribution in [0.25, 0.3) is 0 Å². The zero-order valence-electron chi connectivity index (χ0n) is 10.2. The van der Waals surface area contributed by atoms with E-state index < -0.39 is 27.1 Å². The predicted molar refractivity (Wildman–Crippen MR) is 68.1 cm³/mol. The van der Waals surface area contributed by atoms with Crippen LogP contribution in [0.1, 0.15) is 24.9 Å². The van der Waals surface area contributed by atoms with E-state index in [-0.39, 0.29) is 0 Å². The quantitative estimate of drug-likeness (QED) is 0.865. The molecule has 0 radical (unpaired) electrons. The largest absolute Gasteiger partial charge is 0.315 e. The molecule has 1 saturated heterocycles. The van der Waals surface area contributed by atoms with E-state index in [4.69, 9.17) is 0 Å². The van der Waals surface area contributed by atoms with Crippen molar-refractivity contribution in [2.24, 2.45) is 0 Å². The summed E-state index contributed by atoms with van der Waals surface area (Å²) in [7, 11) is -3.40. The van der Waals surface area contributed by atoms with Gasteiger partial charge in [0, 0.05) is 18.2 Å². The minimum Gasteiger partial charge on any atom is -0.315 e. The van der Waals surface area contributed by atoms with E-state index in [0.717, 1.165) is 0 Å². The minimum absolute atomic E-state index is 0.368. The van der Waals surface area contributed by atoms with Crippen LogP contribution in [0.5, 0.6) is 0 Å². The Kier molecular flexibility index (Phi) is 3.99. The van der Waals surface area contributed by atoms with Gasteiger partial charge in [-0.05, 0) is 26.0 Å². The highest BCUT2D eigenvalue weighted by Gasteiger charge is 2.30. The van der Waals surface area contributed by atoms with Crippen LogP contribution in [0.15, 0.2) is 24.3 Å². The van der Waals surface area contributed by atoms with Crippen molar-refractivity contribution in [1.82, 2.24) is 10.0 Å². The summed E-state index contributed by atoms with van der Waals surface area (Å²) >= 11 is 0. The third-order valence-electron chi connectivity index (χ3n) is 3.17. The van der Waals surface area contributed by atoms with Gasteiger partial charge in [-0.15, -0.1) is 0 Å². The summed E-state index contributed by atoms with van der Waals surface area (Å²) in [5, 5.41) is 2.59. The van der Waals surface area contributed by atoms with Gasteiger partial charge in [-0.3, -0.25) is 0 Å². The van der Waals surface area contributed by atoms with E-state index in [2.05, 4.69) is 10.0 Å². The van der Waals surface area contributed by atoms with Crippen LogP contribution >= 0.6 is 0 Å². The fraction of sp³-hybridized carbons (Fsp3) is 0.500. The molecule has 2 rings (SSSR count). The second-order valence-electron chi connectivity index (χ2n) is 4.52. The Morgan fingerprint density at radius 3 is 2.78 bits per heavy atom. The molecular formula is C12H17FN2O2S. The van der Waals surface area contributed by atoms with Gasteiger partial charge in [-0.2, -0.15) is 0 Å². The Balaban J connectivity index is 2.11. The van der Waals surface area contributed by atoms with Crippen LogP contribution in [0.4, 0.5) is 4.39 Å². The average Bonchev–Trinajstić information content (AvgIpc) is 2.82. The highest BCUT2D eigenvalue weighted by molar-refractivity contribution is 7.90. The molecule has 1 aromatic rings. The van der Waals surface area contributed by atoms with Crippen molar-refractivity contribution in [2.75, 3.05) is 13.1 Å². The molecule has 18 heavy (non-hydrogen) atoms. The number of rotatable bonds is 4. The van der Waals surface area contributed by atoms with E-state index in [1.165, 1.54) is 6.07 Å². The lowest BCUT2D eigenvalue weighted by Gasteiger charge is -2.18. The highest BCUT2D eigenvalue weighted by Crippen LogP contribution is 2.19. The average molecular weight is 272 g/mol. The normalized spacial score (nSPS) is 22.0. The van der Waals surface area contributed by atoms with Crippen molar-refractivity contribution in [3.05, 3.63) is 35.6 Å². The fourth-order valence-electron chi connectivity index (χ4n) is 2.13. The summed E-state index contributed by atoms with van der Waals surface area (Å²) < 4.78 is 40.2. The van der Waals surface area contributed by atoms with Gasteiger partial charge in [0.05, 0.1) is 5.25 Å². The summed E-state index contributed by atoms with van der Waals surface area (Å²) in [4.78, 5) is 0. The Morgan fingerprint density at radius 1 is 1.44 bits per heavy atom. The van der Waals surface area contributed by atoms with Crippen molar-refractivity contribution < 1.29 is 12.8 Å². The summed E-state index contributed by atoms with van der Waals surface area (Å²) in [6.45, 7) is 2.82. The summed E-state index contributed by atoms with van der Waals surface area (Å²) in [6, 6.07) is 5.64. The molecular weight excluding hydrogens is 255 g/mol. The van der Waals surface area contributed by atoms with Gasteiger partial charge in [0.15, 0.2) is 0 Å². The van der Waals surface area contributed by atoms with Crippen LogP contribution in [-0.2, 0) is 10.0 Å².